The molecule has 0 fully saturated rings. The fourth-order valence-corrected chi connectivity index (χ4v) is 5.12. The van der Waals surface area contributed by atoms with Crippen molar-refractivity contribution in [2.75, 3.05) is 13.2 Å². The van der Waals surface area contributed by atoms with Crippen molar-refractivity contribution in [3.8, 4) is 17.1 Å². The van der Waals surface area contributed by atoms with E-state index in [2.05, 4.69) is 36.3 Å². The molecule has 2 aromatic carbocycles. The van der Waals surface area contributed by atoms with E-state index in [1.54, 1.807) is 43.3 Å². The van der Waals surface area contributed by atoms with Crippen molar-refractivity contribution in [2.24, 2.45) is 5.92 Å². The Morgan fingerprint density at radius 3 is 2.38 bits per heavy atom. The fourth-order valence-electron chi connectivity index (χ4n) is 5.12. The molecule has 0 spiro atoms. The van der Waals surface area contributed by atoms with E-state index >= 15 is 0 Å². The Hall–Kier alpha value is -5.59. The van der Waals surface area contributed by atoms with Crippen molar-refractivity contribution in [1.82, 2.24) is 41.0 Å². The summed E-state index contributed by atoms with van der Waals surface area (Å²) < 4.78 is 7.27. The maximum atomic E-state index is 13.8. The molecule has 6 rings (SSSR count). The lowest BCUT2D eigenvalue weighted by Crippen LogP contribution is -2.56. The Labute approximate surface area is 272 Å². The number of aromatic nitrogens is 4. The van der Waals surface area contributed by atoms with Crippen LogP contribution in [0.4, 0.5) is 0 Å². The first-order chi connectivity index (χ1) is 22.7. The Morgan fingerprint density at radius 1 is 0.957 bits per heavy atom. The molecule has 0 saturated carbocycles. The lowest BCUT2D eigenvalue weighted by molar-refractivity contribution is -0.131. The van der Waals surface area contributed by atoms with Crippen LogP contribution in [0.25, 0.3) is 11.4 Å². The topological polar surface area (TPSA) is 169 Å². The zero-order valence-electron chi connectivity index (χ0n) is 26.5. The first kappa shape index (κ1) is 32.8. The van der Waals surface area contributed by atoms with Gasteiger partial charge in [0.1, 0.15) is 36.8 Å². The number of hydrogen-bond acceptors (Lipinski definition) is 8. The number of fused-ring (bicyclic) bond motifs is 14. The van der Waals surface area contributed by atoms with Crippen LogP contribution in [-0.2, 0) is 27.3 Å². The molecule has 13 heteroatoms. The van der Waals surface area contributed by atoms with Crippen molar-refractivity contribution in [3.05, 3.63) is 96.1 Å². The number of hydrogen-bond donors (Lipinski definition) is 4. The molecule has 13 nitrogen and oxygen atoms in total. The van der Waals surface area contributed by atoms with Crippen molar-refractivity contribution in [1.29, 1.82) is 0 Å². The molecule has 2 bridgehead atoms. The number of pyridine rings is 1. The number of amides is 4. The molecule has 4 aromatic rings. The SMILES string of the molecule is CC(C)[C@H]1NC(=O)[C@@H](NC(=O)c2ccncc2)Cc2ccc(cc2)OCCNC(=O)Cn2nc(-c3ccccc3)nc2[C@H](C)NC1=O. The van der Waals surface area contributed by atoms with Gasteiger partial charge in [0.25, 0.3) is 5.91 Å². The highest BCUT2D eigenvalue weighted by molar-refractivity contribution is 5.98. The predicted octanol–water partition coefficient (Wildman–Crippen LogP) is 2.21. The maximum absolute atomic E-state index is 13.8. The smallest absolute Gasteiger partial charge is 0.252 e. The molecule has 4 N–H and O–H groups in total. The van der Waals surface area contributed by atoms with Crippen LogP contribution in [0.15, 0.2) is 79.1 Å². The molecule has 3 atom stereocenters. The maximum Gasteiger partial charge on any atom is 0.252 e. The Balaban J connectivity index is 1.45. The minimum Gasteiger partial charge on any atom is -0.492 e. The molecule has 47 heavy (non-hydrogen) atoms. The second-order valence-corrected chi connectivity index (χ2v) is 11.6. The van der Waals surface area contributed by atoms with Gasteiger partial charge in [-0.3, -0.25) is 24.2 Å². The minimum absolute atomic E-state index is 0.132. The van der Waals surface area contributed by atoms with Crippen LogP contribution in [0.5, 0.6) is 5.75 Å². The van der Waals surface area contributed by atoms with E-state index < -0.39 is 35.8 Å². The highest BCUT2D eigenvalue weighted by Crippen LogP contribution is 2.20. The van der Waals surface area contributed by atoms with Gasteiger partial charge in [-0.1, -0.05) is 56.3 Å². The summed E-state index contributed by atoms with van der Waals surface area (Å²) in [7, 11) is 0. The van der Waals surface area contributed by atoms with Gasteiger partial charge in [-0.2, -0.15) is 5.10 Å². The summed E-state index contributed by atoms with van der Waals surface area (Å²) in [6, 6.07) is 16.9. The summed E-state index contributed by atoms with van der Waals surface area (Å²) >= 11 is 0. The van der Waals surface area contributed by atoms with Crippen LogP contribution < -0.4 is 26.0 Å². The van der Waals surface area contributed by atoms with E-state index in [9.17, 15) is 19.2 Å². The second kappa shape index (κ2) is 15.1. The first-order valence-corrected chi connectivity index (χ1v) is 15.5. The van der Waals surface area contributed by atoms with Crippen molar-refractivity contribution in [2.45, 2.75) is 51.9 Å². The number of carbonyl (C=O) groups excluding carboxylic acids is 4. The summed E-state index contributed by atoms with van der Waals surface area (Å²) in [5.41, 5.74) is 1.87. The van der Waals surface area contributed by atoms with Gasteiger partial charge in [-0.05, 0) is 42.7 Å². The molecule has 4 amide bonds. The lowest BCUT2D eigenvalue weighted by atomic mass is 10.0. The summed E-state index contributed by atoms with van der Waals surface area (Å²) in [6.07, 6.45) is 3.15. The van der Waals surface area contributed by atoms with E-state index in [1.165, 1.54) is 17.1 Å². The van der Waals surface area contributed by atoms with E-state index in [-0.39, 0.29) is 37.9 Å². The number of nitrogens with zero attached hydrogens (tertiary/aromatic N) is 4. The predicted molar refractivity (Wildman–Crippen MR) is 173 cm³/mol. The molecular formula is C34H38N8O5. The molecule has 2 aliphatic rings. The number of benzene rings is 2. The summed E-state index contributed by atoms with van der Waals surface area (Å²) in [5, 5.41) is 16.1. The van der Waals surface area contributed by atoms with Crippen LogP contribution in [0.1, 0.15) is 48.6 Å². The number of rotatable bonds is 4. The van der Waals surface area contributed by atoms with Gasteiger partial charge < -0.3 is 26.0 Å². The Bertz CT molecular complexity index is 1690. The number of carbonyl (C=O) groups is 4. The molecular weight excluding hydrogens is 600 g/mol. The van der Waals surface area contributed by atoms with Crippen LogP contribution in [0.3, 0.4) is 0 Å². The molecule has 0 radical (unpaired) electrons. The summed E-state index contributed by atoms with van der Waals surface area (Å²) in [6.45, 7) is 5.72. The average Bonchev–Trinajstić information content (AvgIpc) is 3.49. The minimum atomic E-state index is -0.994. The molecule has 2 aromatic heterocycles. The van der Waals surface area contributed by atoms with Crippen molar-refractivity contribution in [3.63, 3.8) is 0 Å². The average molecular weight is 639 g/mol. The Kier molecular flexibility index (Phi) is 10.6. The third-order valence-electron chi connectivity index (χ3n) is 7.64. The third-order valence-corrected chi connectivity index (χ3v) is 7.64. The van der Waals surface area contributed by atoms with E-state index in [4.69, 9.17) is 4.74 Å². The van der Waals surface area contributed by atoms with Gasteiger partial charge in [0.15, 0.2) is 5.82 Å². The van der Waals surface area contributed by atoms with Gasteiger partial charge in [0.2, 0.25) is 17.7 Å². The van der Waals surface area contributed by atoms with Gasteiger partial charge >= 0.3 is 0 Å². The molecule has 2 aliphatic heterocycles. The van der Waals surface area contributed by atoms with E-state index in [1.807, 2.05) is 44.2 Å². The molecule has 0 aliphatic carbocycles. The largest absolute Gasteiger partial charge is 0.492 e. The van der Waals surface area contributed by atoms with Crippen LogP contribution >= 0.6 is 0 Å². The highest BCUT2D eigenvalue weighted by Gasteiger charge is 2.31. The zero-order chi connectivity index (χ0) is 33.3. The van der Waals surface area contributed by atoms with Crippen molar-refractivity contribution >= 4 is 23.6 Å². The number of nitrogens with one attached hydrogen (secondary N) is 4. The van der Waals surface area contributed by atoms with Gasteiger partial charge in [0, 0.05) is 29.9 Å². The van der Waals surface area contributed by atoms with Crippen molar-refractivity contribution < 1.29 is 23.9 Å². The Morgan fingerprint density at radius 2 is 1.68 bits per heavy atom. The second-order valence-electron chi connectivity index (χ2n) is 11.6. The number of ether oxygens (including phenoxy) is 1. The summed E-state index contributed by atoms with van der Waals surface area (Å²) in [4.78, 5) is 62.2. The zero-order valence-corrected chi connectivity index (χ0v) is 26.5. The van der Waals surface area contributed by atoms with Gasteiger partial charge in [-0.25, -0.2) is 9.67 Å². The van der Waals surface area contributed by atoms with E-state index in [0.717, 1.165) is 11.1 Å². The van der Waals surface area contributed by atoms with E-state index in [0.29, 0.717) is 23.0 Å². The highest BCUT2D eigenvalue weighted by atomic mass is 16.5. The fraction of sp³-hybridized carbons (Fsp3) is 0.324. The van der Waals surface area contributed by atoms with Gasteiger partial charge in [-0.15, -0.1) is 0 Å². The first-order valence-electron chi connectivity index (χ1n) is 15.5. The van der Waals surface area contributed by atoms with Crippen LogP contribution in [0, 0.1) is 5.92 Å². The lowest BCUT2D eigenvalue weighted by Gasteiger charge is -2.27. The molecule has 4 heterocycles. The molecule has 0 saturated heterocycles. The van der Waals surface area contributed by atoms with Crippen LogP contribution in [-0.4, -0.2) is 68.6 Å². The molecule has 0 unspecified atom stereocenters. The third kappa shape index (κ3) is 8.57. The normalized spacial score (nSPS) is 19.5. The quantitative estimate of drug-likeness (QED) is 0.264. The monoisotopic (exact) mass is 638 g/mol. The molecule has 244 valence electrons. The summed E-state index contributed by atoms with van der Waals surface area (Å²) in [5.74, 6) is -0.663. The van der Waals surface area contributed by atoms with Gasteiger partial charge in [0.05, 0.1) is 12.6 Å². The van der Waals surface area contributed by atoms with Crippen LogP contribution in [0.2, 0.25) is 0 Å². The standard InChI is InChI=1S/C34H38N8O5/c1-21(2)29-34(46)37-22(3)31-40-30(24-7-5-4-6-8-24)41-42(31)20-28(43)36-17-18-47-26-11-9-23(10-12-26)19-27(33(45)39-29)38-32(44)25-13-15-35-16-14-25/h4-16,21-22,27,29H,17-20H2,1-3H3,(H,36,43)(H,37,46)(H,38,44)(H,39,45)/t22-,27-,29+/m0/s1.